The van der Waals surface area contributed by atoms with E-state index in [0.29, 0.717) is 19.7 Å². The van der Waals surface area contributed by atoms with Gasteiger partial charge in [-0.05, 0) is 37.8 Å². The third-order valence-electron chi connectivity index (χ3n) is 5.40. The second-order valence-corrected chi connectivity index (χ2v) is 9.80. The van der Waals surface area contributed by atoms with Gasteiger partial charge in [0.1, 0.15) is 5.82 Å². The van der Waals surface area contributed by atoms with Crippen molar-refractivity contribution in [3.8, 4) is 0 Å². The maximum atomic E-state index is 12.4. The summed E-state index contributed by atoms with van der Waals surface area (Å²) in [6.45, 7) is 3.46. The standard InChI is InChI=1S/C16H23N3O3S.C2HF3O2/c20-23(21,14-4-5-14)19-9-6-16(7-10-19)13-18(11-12-22-16)15-3-1-2-8-17-15;3-2(4,5)1(6)7/h1-3,8,14H,4-7,9-13H2;(H,6,7). The molecule has 0 bridgehead atoms. The van der Waals surface area contributed by atoms with E-state index in [4.69, 9.17) is 14.6 Å². The Bertz CT molecular complexity index is 838. The van der Waals surface area contributed by atoms with Gasteiger partial charge in [-0.25, -0.2) is 22.5 Å². The highest BCUT2D eigenvalue weighted by Gasteiger charge is 2.46. The van der Waals surface area contributed by atoms with Gasteiger partial charge in [-0.2, -0.15) is 13.2 Å². The molecule has 1 aromatic rings. The minimum atomic E-state index is -5.08. The molecule has 12 heteroatoms. The van der Waals surface area contributed by atoms with Crippen LogP contribution in [-0.4, -0.2) is 78.6 Å². The Morgan fingerprint density at radius 3 is 2.33 bits per heavy atom. The summed E-state index contributed by atoms with van der Waals surface area (Å²) >= 11 is 0. The number of piperidine rings is 1. The molecule has 0 atom stereocenters. The minimum absolute atomic E-state index is 0.117. The molecular weight excluding hydrogens is 427 g/mol. The molecule has 1 saturated carbocycles. The van der Waals surface area contributed by atoms with Crippen LogP contribution >= 0.6 is 0 Å². The molecular formula is C18H24F3N3O5S. The quantitative estimate of drug-likeness (QED) is 0.749. The predicted octanol–water partition coefficient (Wildman–Crippen LogP) is 1.88. The Balaban J connectivity index is 0.000000318. The molecule has 1 spiro atoms. The number of carboxylic acids is 1. The summed E-state index contributed by atoms with van der Waals surface area (Å²) in [6, 6.07) is 5.93. The third-order valence-corrected chi connectivity index (χ3v) is 7.80. The van der Waals surface area contributed by atoms with Crippen molar-refractivity contribution < 1.29 is 36.2 Å². The number of halogens is 3. The van der Waals surface area contributed by atoms with Crippen molar-refractivity contribution in [2.24, 2.45) is 0 Å². The van der Waals surface area contributed by atoms with E-state index in [1.807, 2.05) is 24.4 Å². The van der Waals surface area contributed by atoms with Crippen molar-refractivity contribution in [3.63, 3.8) is 0 Å². The van der Waals surface area contributed by atoms with Crippen molar-refractivity contribution >= 4 is 21.8 Å². The van der Waals surface area contributed by atoms with Crippen LogP contribution in [0.2, 0.25) is 0 Å². The van der Waals surface area contributed by atoms with E-state index in [1.54, 1.807) is 4.31 Å². The maximum Gasteiger partial charge on any atom is 0.490 e. The van der Waals surface area contributed by atoms with Gasteiger partial charge in [0.05, 0.1) is 17.5 Å². The summed E-state index contributed by atoms with van der Waals surface area (Å²) in [4.78, 5) is 15.6. The number of ether oxygens (including phenoxy) is 1. The molecule has 0 radical (unpaired) electrons. The molecule has 3 fully saturated rings. The van der Waals surface area contributed by atoms with Crippen molar-refractivity contribution in [1.82, 2.24) is 9.29 Å². The van der Waals surface area contributed by atoms with Crippen LogP contribution in [0.5, 0.6) is 0 Å². The summed E-state index contributed by atoms with van der Waals surface area (Å²) in [5.74, 6) is -1.78. The summed E-state index contributed by atoms with van der Waals surface area (Å²) in [7, 11) is -3.06. The number of sulfonamides is 1. The predicted molar refractivity (Wildman–Crippen MR) is 102 cm³/mol. The number of aromatic nitrogens is 1. The van der Waals surface area contributed by atoms with E-state index < -0.39 is 22.2 Å². The topological polar surface area (TPSA) is 100 Å². The van der Waals surface area contributed by atoms with Gasteiger partial charge >= 0.3 is 12.1 Å². The first-order valence-electron chi connectivity index (χ1n) is 9.63. The van der Waals surface area contributed by atoms with Crippen LogP contribution in [0, 0.1) is 0 Å². The lowest BCUT2D eigenvalue weighted by atomic mass is 9.90. The Morgan fingerprint density at radius 2 is 1.83 bits per heavy atom. The zero-order valence-electron chi connectivity index (χ0n) is 16.2. The van der Waals surface area contributed by atoms with Gasteiger partial charge in [0.15, 0.2) is 0 Å². The second kappa shape index (κ2) is 8.67. The lowest BCUT2D eigenvalue weighted by molar-refractivity contribution is -0.192. The molecule has 3 heterocycles. The monoisotopic (exact) mass is 451 g/mol. The largest absolute Gasteiger partial charge is 0.490 e. The van der Waals surface area contributed by atoms with Gasteiger partial charge in [0.2, 0.25) is 10.0 Å². The van der Waals surface area contributed by atoms with Crippen molar-refractivity contribution in [2.75, 3.05) is 37.7 Å². The minimum Gasteiger partial charge on any atom is -0.475 e. The highest BCUT2D eigenvalue weighted by atomic mass is 32.2. The Morgan fingerprint density at radius 1 is 1.20 bits per heavy atom. The van der Waals surface area contributed by atoms with Gasteiger partial charge in [0.25, 0.3) is 0 Å². The number of alkyl halides is 3. The molecule has 30 heavy (non-hydrogen) atoms. The smallest absolute Gasteiger partial charge is 0.475 e. The van der Waals surface area contributed by atoms with Crippen LogP contribution in [0.15, 0.2) is 24.4 Å². The highest BCUT2D eigenvalue weighted by molar-refractivity contribution is 7.90. The molecule has 168 valence electrons. The molecule has 1 aliphatic carbocycles. The number of carboxylic acid groups (broad SMARTS) is 1. The number of carbonyl (C=O) groups is 1. The zero-order valence-corrected chi connectivity index (χ0v) is 17.0. The molecule has 8 nitrogen and oxygen atoms in total. The number of hydrogen-bond donors (Lipinski definition) is 1. The normalized spacial score (nSPS) is 22.3. The van der Waals surface area contributed by atoms with E-state index in [2.05, 4.69) is 9.88 Å². The summed E-state index contributed by atoms with van der Waals surface area (Å²) in [5, 5.41) is 7.01. The first-order chi connectivity index (χ1) is 14.0. The fraction of sp³-hybridized carbons (Fsp3) is 0.667. The average Bonchev–Trinajstić information content (AvgIpc) is 3.55. The first-order valence-corrected chi connectivity index (χ1v) is 11.1. The number of pyridine rings is 1. The number of hydrogen-bond acceptors (Lipinski definition) is 6. The number of aliphatic carboxylic acids is 1. The highest BCUT2D eigenvalue weighted by Crippen LogP contribution is 2.36. The molecule has 2 aliphatic heterocycles. The molecule has 1 aromatic heterocycles. The lowest BCUT2D eigenvalue weighted by Gasteiger charge is -2.47. The molecule has 1 N–H and O–H groups in total. The number of nitrogens with zero attached hydrogens (tertiary/aromatic N) is 3. The average molecular weight is 451 g/mol. The fourth-order valence-corrected chi connectivity index (χ4v) is 5.45. The summed E-state index contributed by atoms with van der Waals surface area (Å²) in [5.41, 5.74) is -0.231. The Labute approximate surface area is 172 Å². The zero-order chi connectivity index (χ0) is 22.0. The van der Waals surface area contributed by atoms with Crippen LogP contribution in [-0.2, 0) is 19.6 Å². The number of rotatable bonds is 3. The molecule has 0 aromatic carbocycles. The Hall–Kier alpha value is -1.92. The van der Waals surface area contributed by atoms with E-state index in [0.717, 1.165) is 44.6 Å². The summed E-state index contributed by atoms with van der Waals surface area (Å²) in [6.07, 6.45) is -0.0886. The maximum absolute atomic E-state index is 12.4. The Kier molecular flexibility index (Phi) is 6.58. The van der Waals surface area contributed by atoms with E-state index in [-0.39, 0.29) is 10.9 Å². The first kappa shape index (κ1) is 22.8. The van der Waals surface area contributed by atoms with Gasteiger partial charge < -0.3 is 14.7 Å². The van der Waals surface area contributed by atoms with Crippen molar-refractivity contribution in [3.05, 3.63) is 24.4 Å². The van der Waals surface area contributed by atoms with Crippen LogP contribution in [0.4, 0.5) is 19.0 Å². The van der Waals surface area contributed by atoms with Crippen molar-refractivity contribution in [1.29, 1.82) is 0 Å². The fourth-order valence-electron chi connectivity index (χ4n) is 3.61. The molecule has 2 saturated heterocycles. The van der Waals surface area contributed by atoms with Gasteiger partial charge in [-0.1, -0.05) is 6.07 Å². The van der Waals surface area contributed by atoms with Gasteiger partial charge in [-0.3, -0.25) is 0 Å². The molecule has 0 unspecified atom stereocenters. The van der Waals surface area contributed by atoms with Crippen LogP contribution in [0.1, 0.15) is 25.7 Å². The van der Waals surface area contributed by atoms with Crippen LogP contribution in [0.3, 0.4) is 0 Å². The van der Waals surface area contributed by atoms with Gasteiger partial charge in [-0.15, -0.1) is 0 Å². The number of anilines is 1. The third kappa shape index (κ3) is 5.41. The van der Waals surface area contributed by atoms with E-state index >= 15 is 0 Å². The van der Waals surface area contributed by atoms with Crippen molar-refractivity contribution in [2.45, 2.75) is 42.7 Å². The SMILES string of the molecule is O=C(O)C(F)(F)F.O=S(=O)(C1CC1)N1CCC2(CC1)CN(c1ccccn1)CCO2. The molecule has 4 rings (SSSR count). The molecule has 0 amide bonds. The molecule has 3 aliphatic rings. The number of morpholine rings is 1. The summed E-state index contributed by atoms with van der Waals surface area (Å²) < 4.78 is 64.3. The van der Waals surface area contributed by atoms with Crippen LogP contribution < -0.4 is 4.90 Å². The van der Waals surface area contributed by atoms with Gasteiger partial charge in [0, 0.05) is 32.4 Å². The van der Waals surface area contributed by atoms with E-state index in [9.17, 15) is 21.6 Å². The van der Waals surface area contributed by atoms with Crippen LogP contribution in [0.25, 0.3) is 0 Å². The lowest BCUT2D eigenvalue weighted by Crippen LogP contribution is -2.58. The second-order valence-electron chi connectivity index (χ2n) is 7.59. The van der Waals surface area contributed by atoms with E-state index in [1.165, 1.54) is 0 Å².